The lowest BCUT2D eigenvalue weighted by Gasteiger charge is -2.40. The molecule has 1 aliphatic rings. The minimum atomic E-state index is 0.176. The first-order chi connectivity index (χ1) is 11.9. The summed E-state index contributed by atoms with van der Waals surface area (Å²) >= 11 is 1.75. The topological polar surface area (TPSA) is 58.5 Å². The molecule has 0 spiro atoms. The predicted molar refractivity (Wildman–Crippen MR) is 106 cm³/mol. The van der Waals surface area contributed by atoms with Crippen molar-refractivity contribution >= 4 is 17.3 Å². The molecular weight excluding hydrogens is 332 g/mol. The van der Waals surface area contributed by atoms with Crippen molar-refractivity contribution in [3.8, 4) is 0 Å². The molecule has 6 heteroatoms. The highest BCUT2D eigenvalue weighted by atomic mass is 32.1. The Labute approximate surface area is 156 Å². The smallest absolute Gasteiger partial charge is 0.190 e. The lowest BCUT2D eigenvalue weighted by molar-refractivity contribution is -0.0835. The number of hydrogen-bond donors (Lipinski definition) is 2. The molecule has 5 nitrogen and oxygen atoms in total. The molecule has 0 saturated carbocycles. The molecule has 1 aromatic heterocycles. The Balaban J connectivity index is 1.72. The second-order valence-corrected chi connectivity index (χ2v) is 8.87. The first-order valence-corrected chi connectivity index (χ1v) is 10.2. The second kappa shape index (κ2) is 9.53. The van der Waals surface area contributed by atoms with Crippen molar-refractivity contribution < 1.29 is 4.74 Å². The van der Waals surface area contributed by atoms with E-state index in [-0.39, 0.29) is 5.41 Å². The van der Waals surface area contributed by atoms with Gasteiger partial charge in [-0.1, -0.05) is 20.8 Å². The number of guanidine groups is 1. The van der Waals surface area contributed by atoms with Gasteiger partial charge in [-0.25, -0.2) is 4.98 Å². The molecule has 2 unspecified atom stereocenters. The van der Waals surface area contributed by atoms with Gasteiger partial charge < -0.3 is 15.4 Å². The lowest BCUT2D eigenvalue weighted by atomic mass is 9.78. The van der Waals surface area contributed by atoms with Gasteiger partial charge in [0.05, 0.1) is 11.1 Å². The van der Waals surface area contributed by atoms with Crippen LogP contribution in [0, 0.1) is 18.3 Å². The molecule has 2 rings (SSSR count). The van der Waals surface area contributed by atoms with Crippen LogP contribution in [0.2, 0.25) is 0 Å². The summed E-state index contributed by atoms with van der Waals surface area (Å²) in [5, 5.41) is 10.2. The average Bonchev–Trinajstić information content (AvgIpc) is 2.99. The molecule has 2 heterocycles. The van der Waals surface area contributed by atoms with Crippen molar-refractivity contribution in [1.29, 1.82) is 0 Å². The van der Waals surface area contributed by atoms with E-state index in [1.54, 1.807) is 11.3 Å². The molecule has 25 heavy (non-hydrogen) atoms. The van der Waals surface area contributed by atoms with E-state index in [9.17, 15) is 0 Å². The molecule has 0 bridgehead atoms. The Morgan fingerprint density at radius 2 is 2.20 bits per heavy atom. The maximum Gasteiger partial charge on any atom is 0.190 e. The van der Waals surface area contributed by atoms with Crippen molar-refractivity contribution in [3.05, 3.63) is 16.1 Å². The van der Waals surface area contributed by atoms with Crippen LogP contribution in [0.4, 0.5) is 0 Å². The highest BCUT2D eigenvalue weighted by Gasteiger charge is 2.35. The summed E-state index contributed by atoms with van der Waals surface area (Å²) in [6.07, 6.45) is 4.75. The minimum Gasteiger partial charge on any atom is -0.377 e. The molecule has 0 aliphatic carbocycles. The number of hydrogen-bond acceptors (Lipinski definition) is 4. The van der Waals surface area contributed by atoms with Gasteiger partial charge in [0.1, 0.15) is 0 Å². The van der Waals surface area contributed by atoms with Gasteiger partial charge in [0, 0.05) is 50.2 Å². The summed E-state index contributed by atoms with van der Waals surface area (Å²) in [6.45, 7) is 11.6. The van der Waals surface area contributed by atoms with Gasteiger partial charge in [0.15, 0.2) is 5.96 Å². The maximum atomic E-state index is 6.06. The average molecular weight is 367 g/mol. The molecular formula is C19H34N4OS. The molecule has 1 saturated heterocycles. The number of nitrogens with zero attached hydrogens (tertiary/aromatic N) is 2. The van der Waals surface area contributed by atoms with Crippen LogP contribution in [0.25, 0.3) is 0 Å². The van der Waals surface area contributed by atoms with Gasteiger partial charge in [0.2, 0.25) is 0 Å². The van der Waals surface area contributed by atoms with E-state index in [1.807, 2.05) is 14.0 Å². The van der Waals surface area contributed by atoms with Gasteiger partial charge in [0.25, 0.3) is 0 Å². The van der Waals surface area contributed by atoms with E-state index < -0.39 is 0 Å². The number of aryl methyl sites for hydroxylation is 2. The highest BCUT2D eigenvalue weighted by molar-refractivity contribution is 7.09. The fourth-order valence-corrected chi connectivity index (χ4v) is 4.24. The van der Waals surface area contributed by atoms with Crippen LogP contribution >= 0.6 is 11.3 Å². The van der Waals surface area contributed by atoms with E-state index in [1.165, 1.54) is 11.4 Å². The predicted octanol–water partition coefficient (Wildman–Crippen LogP) is 3.39. The van der Waals surface area contributed by atoms with Crippen molar-refractivity contribution in [2.75, 3.05) is 26.7 Å². The van der Waals surface area contributed by atoms with Gasteiger partial charge in [-0.15, -0.1) is 11.3 Å². The van der Waals surface area contributed by atoms with Crippen LogP contribution in [0.3, 0.4) is 0 Å². The van der Waals surface area contributed by atoms with Crippen LogP contribution in [0.5, 0.6) is 0 Å². The molecule has 142 valence electrons. The van der Waals surface area contributed by atoms with Crippen LogP contribution in [-0.2, 0) is 11.2 Å². The third kappa shape index (κ3) is 6.59. The van der Waals surface area contributed by atoms with Gasteiger partial charge in [-0.3, -0.25) is 4.99 Å². The largest absolute Gasteiger partial charge is 0.377 e. The number of aliphatic imine (C=N–C) groups is 1. The summed E-state index contributed by atoms with van der Waals surface area (Å²) in [4.78, 5) is 8.86. The number of thiazole rings is 1. The Morgan fingerprint density at radius 1 is 1.40 bits per heavy atom. The molecule has 0 radical (unpaired) electrons. The van der Waals surface area contributed by atoms with Crippen LogP contribution in [-0.4, -0.2) is 43.8 Å². The summed E-state index contributed by atoms with van der Waals surface area (Å²) in [5.41, 5.74) is 1.30. The highest BCUT2D eigenvalue weighted by Crippen LogP contribution is 2.33. The number of aromatic nitrogens is 1. The van der Waals surface area contributed by atoms with E-state index in [0.29, 0.717) is 12.0 Å². The van der Waals surface area contributed by atoms with Gasteiger partial charge >= 0.3 is 0 Å². The lowest BCUT2D eigenvalue weighted by Crippen LogP contribution is -2.47. The minimum absolute atomic E-state index is 0.176. The third-order valence-electron chi connectivity index (χ3n) is 4.58. The quantitative estimate of drug-likeness (QED) is 0.460. The van der Waals surface area contributed by atoms with Crippen molar-refractivity contribution in [3.63, 3.8) is 0 Å². The van der Waals surface area contributed by atoms with Crippen molar-refractivity contribution in [1.82, 2.24) is 15.6 Å². The molecule has 2 N–H and O–H groups in total. The normalized spacial score (nSPS) is 22.0. The van der Waals surface area contributed by atoms with Crippen LogP contribution in [0.15, 0.2) is 10.4 Å². The summed E-state index contributed by atoms with van der Waals surface area (Å²) in [7, 11) is 1.83. The first kappa shape index (κ1) is 20.2. The number of ether oxygens (including phenoxy) is 1. The maximum absolute atomic E-state index is 6.06. The zero-order valence-electron chi connectivity index (χ0n) is 16.4. The van der Waals surface area contributed by atoms with Gasteiger partial charge in [-0.05, 0) is 31.6 Å². The fourth-order valence-electron chi connectivity index (χ4n) is 3.42. The fraction of sp³-hybridized carbons (Fsp3) is 0.789. The Bertz CT molecular complexity index is 550. The Kier molecular flexibility index (Phi) is 7.69. The third-order valence-corrected chi connectivity index (χ3v) is 5.61. The van der Waals surface area contributed by atoms with Crippen molar-refractivity contribution in [2.24, 2.45) is 16.3 Å². The van der Waals surface area contributed by atoms with Crippen LogP contribution < -0.4 is 10.6 Å². The molecule has 1 aliphatic heterocycles. The first-order valence-electron chi connectivity index (χ1n) is 9.37. The van der Waals surface area contributed by atoms with E-state index in [0.717, 1.165) is 50.6 Å². The zero-order chi connectivity index (χ0) is 18.3. The number of rotatable bonds is 6. The van der Waals surface area contributed by atoms with Gasteiger partial charge in [-0.2, -0.15) is 0 Å². The van der Waals surface area contributed by atoms with E-state index in [4.69, 9.17) is 4.74 Å². The zero-order valence-corrected chi connectivity index (χ0v) is 17.2. The van der Waals surface area contributed by atoms with Crippen LogP contribution in [0.1, 0.15) is 50.7 Å². The Morgan fingerprint density at radius 3 is 2.84 bits per heavy atom. The number of nitrogens with one attached hydrogen (secondary N) is 2. The van der Waals surface area contributed by atoms with E-state index >= 15 is 0 Å². The summed E-state index contributed by atoms with van der Waals surface area (Å²) < 4.78 is 6.06. The van der Waals surface area contributed by atoms with Crippen molar-refractivity contribution in [2.45, 2.75) is 59.5 Å². The molecule has 2 atom stereocenters. The monoisotopic (exact) mass is 366 g/mol. The molecule has 1 aromatic rings. The summed E-state index contributed by atoms with van der Waals surface area (Å²) in [6, 6.07) is 0. The van der Waals surface area contributed by atoms with E-state index in [2.05, 4.69) is 46.8 Å². The molecule has 0 aromatic carbocycles. The molecule has 0 amide bonds. The Hall–Kier alpha value is -1.14. The standard InChI is InChI=1S/C19H34N4OS/c1-14-13-25-16(23-14)9-6-10-21-18(20-5)22-12-15-8-7-11-24-17(15)19(2,3)4/h13,15,17H,6-12H2,1-5H3,(H2,20,21,22). The SMILES string of the molecule is CN=C(NCCCc1nc(C)cs1)NCC1CCCOC1C(C)(C)C. The second-order valence-electron chi connectivity index (χ2n) is 7.93. The molecule has 1 fully saturated rings. The summed E-state index contributed by atoms with van der Waals surface area (Å²) in [5.74, 6) is 1.42.